The van der Waals surface area contributed by atoms with Crippen LogP contribution in [-0.2, 0) is 14.3 Å². The van der Waals surface area contributed by atoms with E-state index in [2.05, 4.69) is 86.8 Å². The highest BCUT2D eigenvalue weighted by molar-refractivity contribution is 5.77. The molecule has 6 heteroatoms. The highest BCUT2D eigenvalue weighted by Gasteiger charge is 2.24. The second-order valence-electron chi connectivity index (χ2n) is 17.1. The number of hydrogen-bond acceptors (Lipinski definition) is 5. The first-order chi connectivity index (χ1) is 31.5. The molecular formula is C58H95NO5. The molecule has 0 aliphatic rings. The summed E-state index contributed by atoms with van der Waals surface area (Å²) < 4.78 is 5.89. The molecule has 3 N–H and O–H groups in total. The number of hydrogen-bond donors (Lipinski definition) is 3. The van der Waals surface area contributed by atoms with Crippen LogP contribution >= 0.6 is 0 Å². The van der Waals surface area contributed by atoms with Crippen molar-refractivity contribution in [2.45, 2.75) is 225 Å². The fourth-order valence-electron chi connectivity index (χ4n) is 7.13. The van der Waals surface area contributed by atoms with Crippen molar-refractivity contribution in [3.05, 3.63) is 122 Å². The third-order valence-electron chi connectivity index (χ3n) is 11.0. The molecule has 0 aliphatic heterocycles. The molecule has 0 aliphatic carbocycles. The van der Waals surface area contributed by atoms with Crippen LogP contribution in [0.5, 0.6) is 0 Å². The minimum absolute atomic E-state index is 0.00867. The van der Waals surface area contributed by atoms with E-state index in [1.54, 1.807) is 0 Å². The summed E-state index contributed by atoms with van der Waals surface area (Å²) in [5, 5.41) is 23.7. The lowest BCUT2D eigenvalue weighted by Gasteiger charge is -2.24. The first-order valence-electron chi connectivity index (χ1n) is 25.9. The Kier molecular flexibility index (Phi) is 47.3. The number of aliphatic hydroxyl groups is 2. The van der Waals surface area contributed by atoms with Gasteiger partial charge in [0.05, 0.1) is 25.2 Å². The Labute approximate surface area is 393 Å². The van der Waals surface area contributed by atoms with Gasteiger partial charge in [-0.05, 0) is 64.2 Å². The number of amides is 1. The fourth-order valence-corrected chi connectivity index (χ4v) is 7.13. The molecule has 6 nitrogen and oxygen atoms in total. The summed E-state index contributed by atoms with van der Waals surface area (Å²) in [7, 11) is 0. The number of carbonyl (C=O) groups excluding carboxylic acids is 2. The lowest BCUT2D eigenvalue weighted by molar-refractivity contribution is -0.151. The maximum absolute atomic E-state index is 13.2. The third kappa shape index (κ3) is 44.9. The predicted octanol–water partition coefficient (Wildman–Crippen LogP) is 15.7. The maximum Gasteiger partial charge on any atom is 0.306 e. The number of rotatable bonds is 44. The number of nitrogens with one attached hydrogen (secondary N) is 1. The summed E-state index contributed by atoms with van der Waals surface area (Å²) in [6.07, 6.45) is 69.6. The van der Waals surface area contributed by atoms with E-state index in [9.17, 15) is 19.8 Å². The van der Waals surface area contributed by atoms with E-state index in [0.717, 1.165) is 83.5 Å². The Morgan fingerprint density at radius 3 is 1.34 bits per heavy atom. The van der Waals surface area contributed by atoms with Crippen molar-refractivity contribution >= 4 is 11.9 Å². The number of esters is 1. The van der Waals surface area contributed by atoms with Crippen LogP contribution in [0.2, 0.25) is 0 Å². The monoisotopic (exact) mass is 886 g/mol. The van der Waals surface area contributed by atoms with Crippen molar-refractivity contribution in [2.24, 2.45) is 0 Å². The number of ether oxygens (including phenoxy) is 1. The van der Waals surface area contributed by atoms with Gasteiger partial charge >= 0.3 is 5.97 Å². The number of aliphatic hydroxyl groups excluding tert-OH is 2. The predicted molar refractivity (Wildman–Crippen MR) is 277 cm³/mol. The van der Waals surface area contributed by atoms with Crippen LogP contribution in [0.3, 0.4) is 0 Å². The normalized spacial score (nSPS) is 14.3. The van der Waals surface area contributed by atoms with E-state index < -0.39 is 18.2 Å². The van der Waals surface area contributed by atoms with Gasteiger partial charge in [-0.15, -0.1) is 0 Å². The lowest BCUT2D eigenvalue weighted by atomic mass is 10.0. The van der Waals surface area contributed by atoms with Crippen molar-refractivity contribution in [3.63, 3.8) is 0 Å². The standard InChI is InChI=1S/C58H95NO5/c1-4-7-10-13-16-19-22-25-27-28-29-31-33-36-39-42-45-48-51-58(63)64-54(49-46-43-40-37-34-32-30-26-23-20-17-14-11-8-5-2)52-57(62)59-55(53-60)56(61)50-47-44-41-38-35-24-21-18-15-12-9-6-3/h8,11,14,16-17,19-20,22-23,25-32,34,37,40,54-56,60-61H,4-7,9-10,12-13,15,18,21,24,33,35-36,38-39,41-53H2,1-3H3,(H,59,62)/b11-8-,17-14+,19-16+,23-20+,25-22+,28-27+,30-26-,31-29+,34-32+,40-37+. The molecule has 0 rings (SSSR count). The zero-order valence-corrected chi connectivity index (χ0v) is 41.1. The van der Waals surface area contributed by atoms with Crippen molar-refractivity contribution < 1.29 is 24.5 Å². The first kappa shape index (κ1) is 60.3. The SMILES string of the molecule is CC\C=C/C=C/C=C/C=C\C=C\C=C\CCCC(CC(=O)NC(CO)C(O)CCCCCCCCCCCCCC)OC(=O)CCCCCCC/C=C/C=C/C=C/C=C/CCCCC. The maximum atomic E-state index is 13.2. The Balaban J connectivity index is 4.80. The van der Waals surface area contributed by atoms with Gasteiger partial charge in [0.25, 0.3) is 0 Å². The van der Waals surface area contributed by atoms with Crippen LogP contribution < -0.4 is 5.32 Å². The minimum atomic E-state index is -0.820. The molecule has 0 bridgehead atoms. The highest BCUT2D eigenvalue weighted by atomic mass is 16.5. The van der Waals surface area contributed by atoms with Gasteiger partial charge < -0.3 is 20.3 Å². The van der Waals surface area contributed by atoms with E-state index in [-0.39, 0.29) is 24.9 Å². The van der Waals surface area contributed by atoms with E-state index in [1.165, 1.54) is 77.0 Å². The summed E-state index contributed by atoms with van der Waals surface area (Å²) in [5.74, 6) is -0.587. The smallest absolute Gasteiger partial charge is 0.306 e. The average molecular weight is 886 g/mol. The molecule has 0 radical (unpaired) electrons. The molecule has 0 spiro atoms. The number of allylic oxidation sites excluding steroid dienone is 20. The van der Waals surface area contributed by atoms with Gasteiger partial charge in [0.1, 0.15) is 6.10 Å². The quantitative estimate of drug-likeness (QED) is 0.0322. The zero-order valence-electron chi connectivity index (χ0n) is 41.1. The first-order valence-corrected chi connectivity index (χ1v) is 25.9. The van der Waals surface area contributed by atoms with E-state index in [0.29, 0.717) is 19.3 Å². The van der Waals surface area contributed by atoms with Gasteiger partial charge in [-0.3, -0.25) is 9.59 Å². The van der Waals surface area contributed by atoms with Crippen LogP contribution in [0.15, 0.2) is 122 Å². The molecule has 0 aromatic carbocycles. The van der Waals surface area contributed by atoms with Gasteiger partial charge in [0.2, 0.25) is 5.91 Å². The Morgan fingerprint density at radius 1 is 0.469 bits per heavy atom. The second kappa shape index (κ2) is 50.3. The molecule has 3 unspecified atom stereocenters. The molecule has 0 aromatic rings. The average Bonchev–Trinajstić information content (AvgIpc) is 3.29. The summed E-state index contributed by atoms with van der Waals surface area (Å²) in [6.45, 7) is 6.26. The molecule has 362 valence electrons. The molecule has 64 heavy (non-hydrogen) atoms. The van der Waals surface area contributed by atoms with Gasteiger partial charge in [-0.25, -0.2) is 0 Å². The molecule has 0 heterocycles. The zero-order chi connectivity index (χ0) is 46.7. The second-order valence-corrected chi connectivity index (χ2v) is 17.1. The van der Waals surface area contributed by atoms with Crippen LogP contribution in [-0.4, -0.2) is 46.9 Å². The number of carbonyl (C=O) groups is 2. The van der Waals surface area contributed by atoms with Crippen LogP contribution in [0.4, 0.5) is 0 Å². The van der Waals surface area contributed by atoms with Crippen molar-refractivity contribution in [1.82, 2.24) is 5.32 Å². The Bertz CT molecular complexity index is 1360. The van der Waals surface area contributed by atoms with E-state index in [1.807, 2.05) is 60.8 Å². The Morgan fingerprint density at radius 2 is 0.859 bits per heavy atom. The summed E-state index contributed by atoms with van der Waals surface area (Å²) in [6, 6.07) is -0.739. The highest BCUT2D eigenvalue weighted by Crippen LogP contribution is 2.16. The van der Waals surface area contributed by atoms with Crippen LogP contribution in [0, 0.1) is 0 Å². The topological polar surface area (TPSA) is 95.9 Å². The van der Waals surface area contributed by atoms with Crippen molar-refractivity contribution in [2.75, 3.05) is 6.61 Å². The molecule has 0 fully saturated rings. The molecule has 3 atom stereocenters. The lowest BCUT2D eigenvalue weighted by Crippen LogP contribution is -2.46. The van der Waals surface area contributed by atoms with Gasteiger partial charge in [0, 0.05) is 6.42 Å². The minimum Gasteiger partial charge on any atom is -0.462 e. The van der Waals surface area contributed by atoms with Crippen LogP contribution in [0.25, 0.3) is 0 Å². The van der Waals surface area contributed by atoms with Crippen molar-refractivity contribution in [3.8, 4) is 0 Å². The third-order valence-corrected chi connectivity index (χ3v) is 11.0. The molecule has 0 aromatic heterocycles. The van der Waals surface area contributed by atoms with E-state index >= 15 is 0 Å². The molecule has 0 saturated heterocycles. The van der Waals surface area contributed by atoms with Gasteiger partial charge in [-0.1, -0.05) is 251 Å². The van der Waals surface area contributed by atoms with Crippen molar-refractivity contribution in [1.29, 1.82) is 0 Å². The summed E-state index contributed by atoms with van der Waals surface area (Å²) in [4.78, 5) is 26.1. The summed E-state index contributed by atoms with van der Waals surface area (Å²) in [5.41, 5.74) is 0. The fraction of sp³-hybridized carbons (Fsp3) is 0.621. The largest absolute Gasteiger partial charge is 0.462 e. The van der Waals surface area contributed by atoms with Crippen LogP contribution in [0.1, 0.15) is 207 Å². The summed E-state index contributed by atoms with van der Waals surface area (Å²) >= 11 is 0. The molecule has 1 amide bonds. The van der Waals surface area contributed by atoms with Gasteiger partial charge in [-0.2, -0.15) is 0 Å². The van der Waals surface area contributed by atoms with Gasteiger partial charge in [0.15, 0.2) is 0 Å². The Hall–Kier alpha value is -3.74. The molecular weight excluding hydrogens is 791 g/mol. The van der Waals surface area contributed by atoms with E-state index in [4.69, 9.17) is 4.74 Å². The molecule has 0 saturated carbocycles. The number of unbranched alkanes of at least 4 members (excludes halogenated alkanes) is 20.